The molecule has 18 heavy (non-hydrogen) atoms. The Morgan fingerprint density at radius 1 is 0.944 bits per heavy atom. The summed E-state index contributed by atoms with van der Waals surface area (Å²) < 4.78 is 0. The van der Waals surface area contributed by atoms with Gasteiger partial charge >= 0.3 is 0 Å². The third kappa shape index (κ3) is 4.43. The van der Waals surface area contributed by atoms with Crippen molar-refractivity contribution in [2.45, 2.75) is 43.4 Å². The van der Waals surface area contributed by atoms with Crippen molar-refractivity contribution in [1.29, 1.82) is 0 Å². The molecule has 0 aromatic heterocycles. The van der Waals surface area contributed by atoms with Gasteiger partial charge in [0.25, 0.3) is 0 Å². The van der Waals surface area contributed by atoms with Crippen molar-refractivity contribution in [2.75, 3.05) is 30.5 Å². The highest BCUT2D eigenvalue weighted by Gasteiger charge is 2.09. The van der Waals surface area contributed by atoms with E-state index in [0.717, 1.165) is 0 Å². The quantitative estimate of drug-likeness (QED) is 0.644. The molecule has 0 aliphatic rings. The van der Waals surface area contributed by atoms with Crippen molar-refractivity contribution in [3.8, 4) is 0 Å². The SMILES string of the molecule is CCCSc1cc(C)c(N(C)C)cc1SCCC. The van der Waals surface area contributed by atoms with Crippen LogP contribution in [-0.4, -0.2) is 25.6 Å². The van der Waals surface area contributed by atoms with Crippen LogP contribution in [0.2, 0.25) is 0 Å². The predicted octanol–water partition coefficient (Wildman–Crippen LogP) is 5.07. The monoisotopic (exact) mass is 283 g/mol. The number of nitrogens with zero attached hydrogens (tertiary/aromatic N) is 1. The molecule has 0 bridgehead atoms. The molecule has 0 amide bonds. The van der Waals surface area contributed by atoms with E-state index in [1.54, 1.807) is 0 Å². The van der Waals surface area contributed by atoms with Crippen LogP contribution in [-0.2, 0) is 0 Å². The average Bonchev–Trinajstić information content (AvgIpc) is 2.34. The zero-order chi connectivity index (χ0) is 13.5. The van der Waals surface area contributed by atoms with E-state index in [2.05, 4.69) is 51.9 Å². The number of aryl methyl sites for hydroxylation is 1. The van der Waals surface area contributed by atoms with E-state index in [-0.39, 0.29) is 0 Å². The van der Waals surface area contributed by atoms with E-state index in [1.165, 1.54) is 45.4 Å². The van der Waals surface area contributed by atoms with Crippen LogP contribution in [0.25, 0.3) is 0 Å². The molecule has 0 saturated carbocycles. The van der Waals surface area contributed by atoms with Crippen LogP contribution >= 0.6 is 23.5 Å². The fraction of sp³-hybridized carbons (Fsp3) is 0.600. The van der Waals surface area contributed by atoms with E-state index < -0.39 is 0 Å². The number of rotatable bonds is 7. The van der Waals surface area contributed by atoms with Crippen molar-refractivity contribution in [2.24, 2.45) is 0 Å². The molecule has 0 N–H and O–H groups in total. The summed E-state index contributed by atoms with van der Waals surface area (Å²) in [5, 5.41) is 0. The van der Waals surface area contributed by atoms with E-state index >= 15 is 0 Å². The van der Waals surface area contributed by atoms with Crippen LogP contribution in [0.3, 0.4) is 0 Å². The summed E-state index contributed by atoms with van der Waals surface area (Å²) in [6, 6.07) is 4.71. The highest BCUT2D eigenvalue weighted by atomic mass is 32.2. The van der Waals surface area contributed by atoms with Crippen LogP contribution in [0, 0.1) is 6.92 Å². The largest absolute Gasteiger partial charge is 0.377 e. The second-order valence-electron chi connectivity index (χ2n) is 4.68. The highest BCUT2D eigenvalue weighted by Crippen LogP contribution is 2.36. The first-order valence-corrected chi connectivity index (χ1v) is 8.64. The zero-order valence-corrected chi connectivity index (χ0v) is 13.9. The molecule has 0 unspecified atom stereocenters. The molecule has 1 aromatic rings. The van der Waals surface area contributed by atoms with Crippen molar-refractivity contribution in [3.63, 3.8) is 0 Å². The maximum Gasteiger partial charge on any atom is 0.0402 e. The topological polar surface area (TPSA) is 3.24 Å². The number of anilines is 1. The molecule has 0 aliphatic carbocycles. The third-order valence-corrected chi connectivity index (χ3v) is 5.32. The highest BCUT2D eigenvalue weighted by molar-refractivity contribution is 8.02. The van der Waals surface area contributed by atoms with E-state index in [9.17, 15) is 0 Å². The number of hydrogen-bond acceptors (Lipinski definition) is 3. The van der Waals surface area contributed by atoms with Gasteiger partial charge in [0.15, 0.2) is 0 Å². The van der Waals surface area contributed by atoms with Gasteiger partial charge in [0.1, 0.15) is 0 Å². The second kappa shape index (κ2) is 8.00. The summed E-state index contributed by atoms with van der Waals surface area (Å²) >= 11 is 3.98. The van der Waals surface area contributed by atoms with Crippen molar-refractivity contribution >= 4 is 29.2 Å². The number of thioether (sulfide) groups is 2. The van der Waals surface area contributed by atoms with Crippen LogP contribution in [0.4, 0.5) is 5.69 Å². The third-order valence-electron chi connectivity index (χ3n) is 2.67. The molecule has 0 fully saturated rings. The van der Waals surface area contributed by atoms with Gasteiger partial charge in [-0.2, -0.15) is 0 Å². The molecule has 0 atom stereocenters. The maximum absolute atomic E-state index is 2.35. The van der Waals surface area contributed by atoms with Gasteiger partial charge in [-0.15, -0.1) is 23.5 Å². The summed E-state index contributed by atoms with van der Waals surface area (Å²) in [7, 11) is 4.24. The summed E-state index contributed by atoms with van der Waals surface area (Å²) in [6.45, 7) is 6.69. The van der Waals surface area contributed by atoms with E-state index in [1.807, 2.05) is 23.5 Å². The average molecular weight is 284 g/mol. The lowest BCUT2D eigenvalue weighted by Gasteiger charge is -2.19. The van der Waals surface area contributed by atoms with Gasteiger partial charge in [-0.3, -0.25) is 0 Å². The Kier molecular flexibility index (Phi) is 7.02. The Labute approximate surface area is 121 Å². The molecule has 1 nitrogen and oxygen atoms in total. The molecule has 0 saturated heterocycles. The summed E-state index contributed by atoms with van der Waals surface area (Å²) in [5.41, 5.74) is 2.72. The van der Waals surface area contributed by atoms with Crippen molar-refractivity contribution in [1.82, 2.24) is 0 Å². The van der Waals surface area contributed by atoms with Gasteiger partial charge in [0.05, 0.1) is 0 Å². The lowest BCUT2D eigenvalue weighted by Crippen LogP contribution is -2.10. The Balaban J connectivity index is 3.02. The van der Waals surface area contributed by atoms with Gasteiger partial charge < -0.3 is 4.90 Å². The maximum atomic E-state index is 2.35. The Hall–Kier alpha value is -0.280. The van der Waals surface area contributed by atoms with Gasteiger partial charge in [-0.1, -0.05) is 13.8 Å². The first kappa shape index (κ1) is 15.8. The van der Waals surface area contributed by atoms with E-state index in [0.29, 0.717) is 0 Å². The molecule has 0 aliphatic heterocycles. The molecular weight excluding hydrogens is 258 g/mol. The minimum atomic E-state index is 1.20. The van der Waals surface area contributed by atoms with Crippen LogP contribution in [0.15, 0.2) is 21.9 Å². The molecule has 3 heteroatoms. The normalized spacial score (nSPS) is 10.7. The molecule has 1 aromatic carbocycles. The summed E-state index contributed by atoms with van der Waals surface area (Å²) in [5.74, 6) is 2.41. The summed E-state index contributed by atoms with van der Waals surface area (Å²) in [4.78, 5) is 5.11. The molecule has 0 heterocycles. The fourth-order valence-electron chi connectivity index (χ4n) is 1.78. The molecule has 0 spiro atoms. The Morgan fingerprint density at radius 2 is 1.44 bits per heavy atom. The van der Waals surface area contributed by atoms with Gasteiger partial charge in [0, 0.05) is 29.6 Å². The van der Waals surface area contributed by atoms with E-state index in [4.69, 9.17) is 0 Å². The van der Waals surface area contributed by atoms with Gasteiger partial charge in [0.2, 0.25) is 0 Å². The van der Waals surface area contributed by atoms with Crippen LogP contribution in [0.5, 0.6) is 0 Å². The Bertz CT molecular complexity index is 375. The van der Waals surface area contributed by atoms with Crippen molar-refractivity contribution < 1.29 is 0 Å². The van der Waals surface area contributed by atoms with Crippen LogP contribution in [0.1, 0.15) is 32.3 Å². The molecule has 1 rings (SSSR count). The first-order chi connectivity index (χ1) is 8.60. The summed E-state index contributed by atoms with van der Waals surface area (Å²) in [6.07, 6.45) is 2.46. The van der Waals surface area contributed by atoms with Gasteiger partial charge in [-0.25, -0.2) is 0 Å². The first-order valence-electron chi connectivity index (χ1n) is 6.67. The second-order valence-corrected chi connectivity index (χ2v) is 6.95. The lowest BCUT2D eigenvalue weighted by atomic mass is 10.2. The lowest BCUT2D eigenvalue weighted by molar-refractivity contribution is 1.06. The van der Waals surface area contributed by atoms with Crippen LogP contribution < -0.4 is 4.90 Å². The number of hydrogen-bond donors (Lipinski definition) is 0. The standard InChI is InChI=1S/C15H25NS2/c1-6-8-17-14-10-12(3)13(16(4)5)11-15(14)18-9-7-2/h10-11H,6-9H2,1-5H3. The minimum absolute atomic E-state index is 1.20. The molecule has 0 radical (unpaired) electrons. The predicted molar refractivity (Wildman–Crippen MR) is 87.5 cm³/mol. The smallest absolute Gasteiger partial charge is 0.0402 e. The Morgan fingerprint density at radius 3 is 1.89 bits per heavy atom. The fourth-order valence-corrected chi connectivity index (χ4v) is 3.84. The van der Waals surface area contributed by atoms with Gasteiger partial charge in [-0.05, 0) is 49.0 Å². The molecule has 102 valence electrons. The molecular formula is C15H25NS2. The minimum Gasteiger partial charge on any atom is -0.377 e. The van der Waals surface area contributed by atoms with Crippen molar-refractivity contribution in [3.05, 3.63) is 17.7 Å². The zero-order valence-electron chi connectivity index (χ0n) is 12.2. The number of benzene rings is 1.